The van der Waals surface area contributed by atoms with Gasteiger partial charge in [0, 0.05) is 40.5 Å². The first-order valence-corrected chi connectivity index (χ1v) is 10.0. The van der Waals surface area contributed by atoms with Gasteiger partial charge < -0.3 is 9.15 Å². The second-order valence-electron chi connectivity index (χ2n) is 7.28. The number of benzene rings is 2. The smallest absolute Gasteiger partial charge is 0.374 e. The van der Waals surface area contributed by atoms with Gasteiger partial charge in [0.1, 0.15) is 11.6 Å². The fourth-order valence-corrected chi connectivity index (χ4v) is 3.79. The standard InChI is InChI=1S/C26H16F2N2O3/c1-32-26(31)21-14-20-22(15-2-6-18(27)7-3-15)23(16-10-12-29-13-11-16)24(30-25(20)33-21)17-4-8-19(28)9-5-17/h2-14H,1H3. The third-order valence-electron chi connectivity index (χ3n) is 5.29. The number of furan rings is 1. The molecule has 3 heterocycles. The molecule has 0 fully saturated rings. The summed E-state index contributed by atoms with van der Waals surface area (Å²) in [6, 6.07) is 17.1. The van der Waals surface area contributed by atoms with E-state index in [1.807, 2.05) is 12.1 Å². The van der Waals surface area contributed by atoms with Gasteiger partial charge in [-0.25, -0.2) is 18.6 Å². The Balaban J connectivity index is 1.93. The molecule has 33 heavy (non-hydrogen) atoms. The van der Waals surface area contributed by atoms with Gasteiger partial charge in [0.2, 0.25) is 11.5 Å². The van der Waals surface area contributed by atoms with E-state index in [2.05, 4.69) is 4.98 Å². The lowest BCUT2D eigenvalue weighted by atomic mass is 9.89. The zero-order chi connectivity index (χ0) is 22.9. The number of halogens is 2. The van der Waals surface area contributed by atoms with Crippen LogP contribution in [0.25, 0.3) is 44.6 Å². The summed E-state index contributed by atoms with van der Waals surface area (Å²) >= 11 is 0. The first-order valence-electron chi connectivity index (χ1n) is 10.0. The molecule has 0 N–H and O–H groups in total. The minimum Gasteiger partial charge on any atom is -0.463 e. The van der Waals surface area contributed by atoms with Crippen LogP contribution in [-0.2, 0) is 4.74 Å². The van der Waals surface area contributed by atoms with Gasteiger partial charge in [-0.15, -0.1) is 0 Å². The lowest BCUT2D eigenvalue weighted by Crippen LogP contribution is -1.98. The van der Waals surface area contributed by atoms with Crippen LogP contribution in [0.2, 0.25) is 0 Å². The number of hydrogen-bond donors (Lipinski definition) is 0. The fraction of sp³-hybridized carbons (Fsp3) is 0.0385. The highest BCUT2D eigenvalue weighted by Crippen LogP contribution is 2.44. The number of fused-ring (bicyclic) bond motifs is 1. The largest absolute Gasteiger partial charge is 0.463 e. The highest BCUT2D eigenvalue weighted by molar-refractivity contribution is 6.07. The molecule has 0 bridgehead atoms. The van der Waals surface area contributed by atoms with Crippen molar-refractivity contribution in [2.45, 2.75) is 0 Å². The van der Waals surface area contributed by atoms with Gasteiger partial charge in [0.15, 0.2) is 0 Å². The van der Waals surface area contributed by atoms with Crippen LogP contribution >= 0.6 is 0 Å². The molecule has 0 radical (unpaired) electrons. The first kappa shape index (κ1) is 20.5. The van der Waals surface area contributed by atoms with Crippen molar-refractivity contribution in [3.05, 3.63) is 96.5 Å². The van der Waals surface area contributed by atoms with Crippen LogP contribution in [0.3, 0.4) is 0 Å². The summed E-state index contributed by atoms with van der Waals surface area (Å²) in [6.45, 7) is 0. The van der Waals surface area contributed by atoms with Crippen molar-refractivity contribution in [2.75, 3.05) is 7.11 Å². The van der Waals surface area contributed by atoms with E-state index in [0.717, 1.165) is 5.56 Å². The van der Waals surface area contributed by atoms with Crippen LogP contribution in [0.5, 0.6) is 0 Å². The quantitative estimate of drug-likeness (QED) is 0.306. The second-order valence-corrected chi connectivity index (χ2v) is 7.28. The summed E-state index contributed by atoms with van der Waals surface area (Å²) in [4.78, 5) is 21.0. The monoisotopic (exact) mass is 442 g/mol. The summed E-state index contributed by atoms with van der Waals surface area (Å²) in [5.74, 6) is -1.42. The summed E-state index contributed by atoms with van der Waals surface area (Å²) in [5, 5.41) is 0.555. The van der Waals surface area contributed by atoms with Crippen LogP contribution in [0.1, 0.15) is 10.6 Å². The molecule has 0 spiro atoms. The Morgan fingerprint density at radius 1 is 0.818 bits per heavy atom. The van der Waals surface area contributed by atoms with Gasteiger partial charge in [0.05, 0.1) is 12.8 Å². The number of esters is 1. The van der Waals surface area contributed by atoms with Crippen molar-refractivity contribution in [1.82, 2.24) is 9.97 Å². The maximum absolute atomic E-state index is 13.7. The Morgan fingerprint density at radius 3 is 2.00 bits per heavy atom. The lowest BCUT2D eigenvalue weighted by molar-refractivity contribution is 0.0567. The van der Waals surface area contributed by atoms with E-state index in [9.17, 15) is 13.6 Å². The van der Waals surface area contributed by atoms with Gasteiger partial charge >= 0.3 is 5.97 Å². The number of carbonyl (C=O) groups excluding carboxylic acids is 1. The van der Waals surface area contributed by atoms with Crippen LogP contribution in [0.15, 0.2) is 83.5 Å². The Hall–Kier alpha value is -4.39. The molecular weight excluding hydrogens is 426 g/mol. The Kier molecular flexibility index (Phi) is 5.14. The zero-order valence-electron chi connectivity index (χ0n) is 17.4. The molecule has 0 saturated heterocycles. The molecule has 162 valence electrons. The zero-order valence-corrected chi connectivity index (χ0v) is 17.4. The second kappa shape index (κ2) is 8.27. The Bertz CT molecular complexity index is 1460. The molecule has 2 aromatic carbocycles. The van der Waals surface area contributed by atoms with Crippen molar-refractivity contribution in [3.63, 3.8) is 0 Å². The minimum absolute atomic E-state index is 0.0136. The van der Waals surface area contributed by atoms with Gasteiger partial charge in [-0.3, -0.25) is 4.98 Å². The first-order chi connectivity index (χ1) is 16.0. The van der Waals surface area contributed by atoms with E-state index in [1.54, 1.807) is 42.7 Å². The average Bonchev–Trinajstić information content (AvgIpc) is 3.28. The number of methoxy groups -OCH3 is 1. The maximum atomic E-state index is 13.7. The van der Waals surface area contributed by atoms with Crippen LogP contribution in [-0.4, -0.2) is 23.0 Å². The molecule has 7 heteroatoms. The van der Waals surface area contributed by atoms with Crippen LogP contribution in [0, 0.1) is 11.6 Å². The average molecular weight is 442 g/mol. The number of rotatable bonds is 4. The number of nitrogens with zero attached hydrogens (tertiary/aromatic N) is 2. The van der Waals surface area contributed by atoms with Gasteiger partial charge in [-0.2, -0.15) is 0 Å². The maximum Gasteiger partial charge on any atom is 0.374 e. The van der Waals surface area contributed by atoms with Crippen molar-refractivity contribution in [2.24, 2.45) is 0 Å². The molecule has 0 aliphatic carbocycles. The summed E-state index contributed by atoms with van der Waals surface area (Å²) in [7, 11) is 1.26. The number of carbonyl (C=O) groups is 1. The Morgan fingerprint density at radius 2 is 1.39 bits per heavy atom. The van der Waals surface area contributed by atoms with E-state index in [4.69, 9.17) is 14.1 Å². The SMILES string of the molecule is COC(=O)c1cc2c(-c3ccc(F)cc3)c(-c3ccncc3)c(-c3ccc(F)cc3)nc2o1. The molecule has 0 amide bonds. The molecule has 5 aromatic rings. The summed E-state index contributed by atoms with van der Waals surface area (Å²) in [6.07, 6.45) is 3.30. The van der Waals surface area contributed by atoms with Crippen molar-refractivity contribution >= 4 is 17.1 Å². The molecule has 0 unspecified atom stereocenters. The van der Waals surface area contributed by atoms with Gasteiger partial charge in [-0.05, 0) is 59.7 Å². The molecule has 0 atom stereocenters. The van der Waals surface area contributed by atoms with Crippen molar-refractivity contribution < 1.29 is 22.7 Å². The molecule has 5 nitrogen and oxygen atoms in total. The number of aromatic nitrogens is 2. The van der Waals surface area contributed by atoms with E-state index in [-0.39, 0.29) is 23.1 Å². The van der Waals surface area contributed by atoms with E-state index in [0.29, 0.717) is 33.3 Å². The van der Waals surface area contributed by atoms with Crippen molar-refractivity contribution in [1.29, 1.82) is 0 Å². The predicted molar refractivity (Wildman–Crippen MR) is 119 cm³/mol. The van der Waals surface area contributed by atoms with Crippen LogP contribution < -0.4 is 0 Å². The molecular formula is C26H16F2N2O3. The van der Waals surface area contributed by atoms with Crippen LogP contribution in [0.4, 0.5) is 8.78 Å². The van der Waals surface area contributed by atoms with Gasteiger partial charge in [-0.1, -0.05) is 12.1 Å². The predicted octanol–water partition coefficient (Wildman–Crippen LogP) is 6.29. The van der Waals surface area contributed by atoms with Gasteiger partial charge in [0.25, 0.3) is 0 Å². The third kappa shape index (κ3) is 3.74. The van der Waals surface area contributed by atoms with E-state index >= 15 is 0 Å². The normalized spacial score (nSPS) is 11.0. The van der Waals surface area contributed by atoms with Crippen molar-refractivity contribution in [3.8, 4) is 33.5 Å². The minimum atomic E-state index is -0.646. The number of pyridine rings is 2. The molecule has 5 rings (SSSR count). The van der Waals surface area contributed by atoms with E-state index in [1.165, 1.54) is 31.4 Å². The topological polar surface area (TPSA) is 65.2 Å². The molecule has 0 aliphatic heterocycles. The Labute approximate surface area is 187 Å². The third-order valence-corrected chi connectivity index (χ3v) is 5.29. The molecule has 0 aliphatic rings. The lowest BCUT2D eigenvalue weighted by Gasteiger charge is -2.16. The molecule has 3 aromatic heterocycles. The summed E-state index contributed by atoms with van der Waals surface area (Å²) < 4.78 is 37.9. The number of hydrogen-bond acceptors (Lipinski definition) is 5. The highest BCUT2D eigenvalue weighted by Gasteiger charge is 2.24. The van der Waals surface area contributed by atoms with E-state index < -0.39 is 5.97 Å². The summed E-state index contributed by atoms with van der Waals surface area (Å²) in [5.41, 5.74) is 4.23. The number of ether oxygens (including phenoxy) is 1. The fourth-order valence-electron chi connectivity index (χ4n) is 3.79. The highest BCUT2D eigenvalue weighted by atomic mass is 19.1. The molecule has 0 saturated carbocycles.